The molecule has 4 rings (SSSR count). The van der Waals surface area contributed by atoms with Gasteiger partial charge in [-0.25, -0.2) is 9.78 Å². The molecule has 1 aromatic heterocycles. The van der Waals surface area contributed by atoms with Crippen molar-refractivity contribution in [3.63, 3.8) is 0 Å². The van der Waals surface area contributed by atoms with Crippen LogP contribution < -0.4 is 5.32 Å². The summed E-state index contributed by atoms with van der Waals surface area (Å²) >= 11 is 9.24. The first-order valence-electron chi connectivity index (χ1n) is 12.9. The summed E-state index contributed by atoms with van der Waals surface area (Å²) < 4.78 is 12.1. The number of rotatable bonds is 12. The average molecular weight is 552 g/mol. The number of nitrogens with one attached hydrogen (secondary N) is 1. The number of nitrogens with zero attached hydrogens (tertiary/aromatic N) is 2. The van der Waals surface area contributed by atoms with Crippen LogP contribution in [0.25, 0.3) is 0 Å². The van der Waals surface area contributed by atoms with Gasteiger partial charge in [-0.15, -0.1) is 0 Å². The van der Waals surface area contributed by atoms with Crippen molar-refractivity contribution in [2.24, 2.45) is 0 Å². The van der Waals surface area contributed by atoms with E-state index in [-0.39, 0.29) is 5.97 Å². The maximum Gasteiger partial charge on any atom is 0.363 e. The Balaban J connectivity index is 0.00000176. The van der Waals surface area contributed by atoms with Crippen molar-refractivity contribution in [2.75, 3.05) is 18.5 Å². The van der Waals surface area contributed by atoms with E-state index in [1.807, 2.05) is 38.1 Å². The summed E-state index contributed by atoms with van der Waals surface area (Å²) in [6.45, 7) is 9.85. The Morgan fingerprint density at radius 1 is 1.33 bits per heavy atom. The van der Waals surface area contributed by atoms with E-state index in [0.717, 1.165) is 38.7 Å². The van der Waals surface area contributed by atoms with E-state index in [0.29, 0.717) is 19.3 Å². The number of hydrogen-bond donors (Lipinski definition) is 1. The fourth-order valence-corrected chi connectivity index (χ4v) is 6.48. The third-order valence-electron chi connectivity index (χ3n) is 6.05. The van der Waals surface area contributed by atoms with Crippen molar-refractivity contribution in [1.82, 2.24) is 9.88 Å². The highest BCUT2D eigenvalue weighted by Crippen LogP contribution is 2.47. The molecule has 1 atom stereocenters. The molecule has 1 saturated carbocycles. The molecule has 1 saturated heterocycles. The quantitative estimate of drug-likeness (QED) is 0.214. The Labute approximate surface area is 228 Å². The molecule has 1 N–H and O–H groups in total. The van der Waals surface area contributed by atoms with E-state index in [2.05, 4.69) is 28.2 Å². The van der Waals surface area contributed by atoms with Gasteiger partial charge in [-0.1, -0.05) is 92.9 Å². The van der Waals surface area contributed by atoms with Crippen molar-refractivity contribution in [1.29, 1.82) is 0 Å². The number of ether oxygens (including phenoxy) is 2. The van der Waals surface area contributed by atoms with Crippen LogP contribution in [0.3, 0.4) is 0 Å². The molecule has 0 amide bonds. The molecular formula is C27H38ClN3O3S2. The maximum atomic E-state index is 11.5. The number of epoxide rings is 1. The Hall–Kier alpha value is -1.74. The summed E-state index contributed by atoms with van der Waals surface area (Å²) in [7, 11) is 0. The monoisotopic (exact) mass is 551 g/mol. The number of carbonyl (C=O) groups excluding carboxylic acids is 1. The number of anilines is 1. The van der Waals surface area contributed by atoms with Gasteiger partial charge in [0.2, 0.25) is 0 Å². The summed E-state index contributed by atoms with van der Waals surface area (Å²) in [5.41, 5.74) is 1.01. The van der Waals surface area contributed by atoms with Crippen molar-refractivity contribution in [3.05, 3.63) is 52.9 Å². The molecule has 6 nitrogen and oxygen atoms in total. The molecule has 2 fully saturated rings. The van der Waals surface area contributed by atoms with Crippen LogP contribution in [-0.4, -0.2) is 40.0 Å². The first-order valence-corrected chi connectivity index (χ1v) is 14.9. The number of halogens is 1. The van der Waals surface area contributed by atoms with Crippen LogP contribution in [-0.2, 0) is 20.9 Å². The fourth-order valence-electron chi connectivity index (χ4n) is 4.17. The second-order valence-electron chi connectivity index (χ2n) is 8.67. The van der Waals surface area contributed by atoms with Gasteiger partial charge in [0.1, 0.15) is 5.82 Å². The Morgan fingerprint density at radius 3 is 2.72 bits per heavy atom. The minimum absolute atomic E-state index is 0.174. The summed E-state index contributed by atoms with van der Waals surface area (Å²) in [6, 6.07) is 8.30. The predicted molar refractivity (Wildman–Crippen MR) is 150 cm³/mol. The van der Waals surface area contributed by atoms with E-state index in [1.54, 1.807) is 24.5 Å². The van der Waals surface area contributed by atoms with Gasteiger partial charge in [-0.2, -0.15) is 0 Å². The number of thiazole rings is 1. The minimum atomic E-state index is -0.751. The van der Waals surface area contributed by atoms with E-state index >= 15 is 0 Å². The molecular weight excluding hydrogens is 514 g/mol. The van der Waals surface area contributed by atoms with Crippen molar-refractivity contribution in [2.45, 2.75) is 88.0 Å². The van der Waals surface area contributed by atoms with E-state index in [1.165, 1.54) is 43.9 Å². The zero-order valence-corrected chi connectivity index (χ0v) is 24.1. The zero-order valence-electron chi connectivity index (χ0n) is 21.7. The van der Waals surface area contributed by atoms with Crippen LogP contribution in [0.1, 0.15) is 71.8 Å². The van der Waals surface area contributed by atoms with Crippen LogP contribution in [0.4, 0.5) is 5.13 Å². The minimum Gasteiger partial charge on any atom is -0.432 e. The maximum absolute atomic E-state index is 11.5. The summed E-state index contributed by atoms with van der Waals surface area (Å²) in [5, 5.41) is 5.12. The van der Waals surface area contributed by atoms with Crippen LogP contribution in [0.5, 0.6) is 0 Å². The standard InChI is InChI=1S/C25H32ClN3O3S2.C2H6/c1-3-9-21(28-24-27-16-22(33-24)34-25(2)23(30)32-25)29(19-11-5-4-6-12-19)14-15-31-17-18-10-7-8-13-20(18)26;1-2/h7-10,13,16,19H,3-6,11-12,14-15,17H2,1-2H3,(H,27,28);1-2H3/b21-9-;. The molecule has 2 aromatic rings. The highest BCUT2D eigenvalue weighted by molar-refractivity contribution is 8.03. The first-order chi connectivity index (χ1) is 17.5. The molecule has 1 aliphatic heterocycles. The highest BCUT2D eigenvalue weighted by Gasteiger charge is 2.55. The predicted octanol–water partition coefficient (Wildman–Crippen LogP) is 7.70. The van der Waals surface area contributed by atoms with Crippen LogP contribution >= 0.6 is 34.7 Å². The SMILES string of the molecule is CC.CC/C=C(/Nc1ncc(SC2(C)OC2=O)s1)N(CCOCc1ccccc1Cl)C1CCCCC1. The molecule has 36 heavy (non-hydrogen) atoms. The molecule has 0 radical (unpaired) electrons. The van der Waals surface area contributed by atoms with Gasteiger partial charge in [-0.05, 0) is 43.9 Å². The number of aromatic nitrogens is 1. The highest BCUT2D eigenvalue weighted by atomic mass is 35.5. The summed E-state index contributed by atoms with van der Waals surface area (Å²) in [5.74, 6) is 0.902. The van der Waals surface area contributed by atoms with Crippen molar-refractivity contribution in [3.8, 4) is 0 Å². The topological polar surface area (TPSA) is 67.0 Å². The molecule has 0 bridgehead atoms. The van der Waals surface area contributed by atoms with Gasteiger partial charge < -0.3 is 19.7 Å². The number of allylic oxidation sites excluding steroid dienone is 1. The van der Waals surface area contributed by atoms with Gasteiger partial charge in [0.05, 0.1) is 23.6 Å². The summed E-state index contributed by atoms with van der Waals surface area (Å²) in [6.07, 6.45) is 11.1. The molecule has 1 unspecified atom stereocenters. The Bertz CT molecular complexity index is 1010. The fraction of sp³-hybridized carbons (Fsp3) is 0.556. The smallest absolute Gasteiger partial charge is 0.363 e. The molecule has 1 aromatic carbocycles. The second-order valence-corrected chi connectivity index (χ2v) is 11.8. The molecule has 2 heterocycles. The zero-order chi connectivity index (χ0) is 26.0. The van der Waals surface area contributed by atoms with Crippen LogP contribution in [0.15, 0.2) is 46.6 Å². The van der Waals surface area contributed by atoms with Crippen molar-refractivity contribution >= 4 is 45.8 Å². The van der Waals surface area contributed by atoms with Gasteiger partial charge in [-0.3, -0.25) is 0 Å². The van der Waals surface area contributed by atoms with Gasteiger partial charge in [0.25, 0.3) is 4.93 Å². The third kappa shape index (κ3) is 8.13. The average Bonchev–Trinajstić information content (AvgIpc) is 3.25. The third-order valence-corrected chi connectivity index (χ3v) is 8.57. The summed E-state index contributed by atoms with van der Waals surface area (Å²) in [4.78, 5) is 17.7. The lowest BCUT2D eigenvalue weighted by atomic mass is 9.94. The number of benzene rings is 1. The van der Waals surface area contributed by atoms with E-state index < -0.39 is 4.93 Å². The molecule has 0 spiro atoms. The van der Waals surface area contributed by atoms with Gasteiger partial charge in [0.15, 0.2) is 5.13 Å². The lowest BCUT2D eigenvalue weighted by Gasteiger charge is -2.37. The second kappa shape index (κ2) is 14.3. The van der Waals surface area contributed by atoms with Crippen LogP contribution in [0.2, 0.25) is 5.02 Å². The number of carbonyl (C=O) groups is 1. The van der Waals surface area contributed by atoms with Crippen LogP contribution in [0, 0.1) is 0 Å². The van der Waals surface area contributed by atoms with E-state index in [9.17, 15) is 4.79 Å². The number of hydrogen-bond acceptors (Lipinski definition) is 8. The van der Waals surface area contributed by atoms with E-state index in [4.69, 9.17) is 21.1 Å². The van der Waals surface area contributed by atoms with Gasteiger partial charge in [0, 0.05) is 17.6 Å². The van der Waals surface area contributed by atoms with Crippen molar-refractivity contribution < 1.29 is 14.3 Å². The Morgan fingerprint density at radius 2 is 2.06 bits per heavy atom. The largest absolute Gasteiger partial charge is 0.432 e. The molecule has 198 valence electrons. The number of cyclic esters (lactones) is 1. The normalized spacial score (nSPS) is 19.8. The lowest BCUT2D eigenvalue weighted by molar-refractivity contribution is -0.117. The Kier molecular flexibility index (Phi) is 11.4. The molecule has 2 aliphatic rings. The van der Waals surface area contributed by atoms with Gasteiger partial charge >= 0.3 is 5.97 Å². The molecule has 1 aliphatic carbocycles. The lowest BCUT2D eigenvalue weighted by Crippen LogP contribution is -2.40. The first kappa shape index (κ1) is 28.8. The molecule has 9 heteroatoms. The number of thioether (sulfide) groups is 1.